The lowest BCUT2D eigenvalue weighted by molar-refractivity contribution is -0.605. The molecule has 0 bridgehead atoms. The monoisotopic (exact) mass is 270 g/mol. The summed E-state index contributed by atoms with van der Waals surface area (Å²) in [7, 11) is 4.04. The Morgan fingerprint density at radius 1 is 1.00 bits per heavy atom. The maximum absolute atomic E-state index is 10.9. The van der Waals surface area contributed by atoms with Gasteiger partial charge in [-0.3, -0.25) is 0 Å². The van der Waals surface area contributed by atoms with Crippen molar-refractivity contribution in [2.75, 3.05) is 19.0 Å². The Balaban J connectivity index is 2.30. The molecule has 1 heterocycles. The number of aryl methyl sites for hydroxylation is 2. The van der Waals surface area contributed by atoms with Gasteiger partial charge in [0, 0.05) is 31.9 Å². The van der Waals surface area contributed by atoms with Crippen molar-refractivity contribution < 1.29 is 4.73 Å². The summed E-state index contributed by atoms with van der Waals surface area (Å²) in [5.41, 5.74) is 4.89. The van der Waals surface area contributed by atoms with Gasteiger partial charge in [0.05, 0.1) is 11.4 Å². The molecule has 0 N–H and O–H groups in total. The van der Waals surface area contributed by atoms with Crippen molar-refractivity contribution in [3.63, 3.8) is 0 Å². The van der Waals surface area contributed by atoms with Crippen LogP contribution in [-0.2, 0) is 0 Å². The summed E-state index contributed by atoms with van der Waals surface area (Å²) in [6.07, 6.45) is 2.81. The van der Waals surface area contributed by atoms with E-state index in [9.17, 15) is 5.21 Å². The van der Waals surface area contributed by atoms with Crippen LogP contribution in [-0.4, -0.2) is 14.1 Å². The fourth-order valence-electron chi connectivity index (χ4n) is 1.96. The van der Waals surface area contributed by atoms with Crippen LogP contribution in [0.5, 0.6) is 0 Å². The van der Waals surface area contributed by atoms with Gasteiger partial charge >= 0.3 is 0 Å². The van der Waals surface area contributed by atoms with Gasteiger partial charge in [0.2, 0.25) is 0 Å². The number of anilines is 1. The van der Waals surface area contributed by atoms with E-state index in [2.05, 4.69) is 28.1 Å². The highest BCUT2D eigenvalue weighted by Crippen LogP contribution is 2.29. The summed E-state index contributed by atoms with van der Waals surface area (Å²) in [5.74, 6) is 0. The number of hydrogen-bond donors (Lipinski definition) is 0. The lowest BCUT2D eigenvalue weighted by Gasteiger charge is -2.17. The third-order valence-electron chi connectivity index (χ3n) is 3.05. The van der Waals surface area contributed by atoms with Crippen LogP contribution in [0.15, 0.2) is 46.9 Å². The molecule has 20 heavy (non-hydrogen) atoms. The van der Waals surface area contributed by atoms with Crippen molar-refractivity contribution in [2.45, 2.75) is 13.8 Å². The summed E-state index contributed by atoms with van der Waals surface area (Å²) in [5, 5.41) is 19.4. The highest BCUT2D eigenvalue weighted by Gasteiger charge is 2.05. The summed E-state index contributed by atoms with van der Waals surface area (Å²) in [6.45, 7) is 4.06. The maximum Gasteiger partial charge on any atom is 0.182 e. The molecule has 5 nitrogen and oxygen atoms in total. The molecule has 0 amide bonds. The zero-order valence-corrected chi connectivity index (χ0v) is 12.2. The van der Waals surface area contributed by atoms with Crippen molar-refractivity contribution in [3.8, 4) is 0 Å². The first-order chi connectivity index (χ1) is 9.47. The summed E-state index contributed by atoms with van der Waals surface area (Å²) < 4.78 is 0.723. The van der Waals surface area contributed by atoms with Gasteiger partial charge in [-0.05, 0) is 37.1 Å². The average molecular weight is 270 g/mol. The van der Waals surface area contributed by atoms with Gasteiger partial charge in [-0.25, -0.2) is 0 Å². The number of aromatic nitrogens is 1. The molecule has 1 aromatic heterocycles. The second-order valence-corrected chi connectivity index (χ2v) is 4.94. The van der Waals surface area contributed by atoms with Crippen LogP contribution >= 0.6 is 0 Å². The fourth-order valence-corrected chi connectivity index (χ4v) is 1.96. The van der Waals surface area contributed by atoms with Crippen molar-refractivity contribution in [1.82, 2.24) is 0 Å². The molecule has 2 aromatic rings. The molecule has 0 aliphatic rings. The molecule has 5 heteroatoms. The molecule has 0 aliphatic carbocycles. The van der Waals surface area contributed by atoms with Crippen LogP contribution in [0, 0.1) is 19.1 Å². The summed E-state index contributed by atoms with van der Waals surface area (Å²) >= 11 is 0. The van der Waals surface area contributed by atoms with Gasteiger partial charge in [0.15, 0.2) is 12.4 Å². The minimum absolute atomic E-state index is 0.658. The molecule has 0 atom stereocenters. The largest absolute Gasteiger partial charge is 0.619 e. The van der Waals surface area contributed by atoms with Gasteiger partial charge in [-0.1, -0.05) is 0 Å². The predicted octanol–water partition coefficient (Wildman–Crippen LogP) is 3.42. The third-order valence-corrected chi connectivity index (χ3v) is 3.05. The fraction of sp³-hybridized carbons (Fsp3) is 0.267. The Morgan fingerprint density at radius 2 is 1.65 bits per heavy atom. The second-order valence-electron chi connectivity index (χ2n) is 4.94. The van der Waals surface area contributed by atoms with E-state index in [0.29, 0.717) is 5.69 Å². The summed E-state index contributed by atoms with van der Waals surface area (Å²) in [4.78, 5) is 2.08. The van der Waals surface area contributed by atoms with Gasteiger partial charge in [0.25, 0.3) is 0 Å². The van der Waals surface area contributed by atoms with Gasteiger partial charge < -0.3 is 10.1 Å². The quantitative estimate of drug-likeness (QED) is 0.487. The molecular weight excluding hydrogens is 252 g/mol. The molecular formula is C15H18N4O. The van der Waals surface area contributed by atoms with Crippen molar-refractivity contribution in [3.05, 3.63) is 53.0 Å². The first kappa shape index (κ1) is 14.0. The minimum atomic E-state index is 0.658. The molecule has 104 valence electrons. The Labute approximate surface area is 118 Å². The van der Waals surface area contributed by atoms with Crippen LogP contribution in [0.25, 0.3) is 0 Å². The van der Waals surface area contributed by atoms with Gasteiger partial charge in [-0.15, -0.1) is 0 Å². The van der Waals surface area contributed by atoms with E-state index in [1.807, 2.05) is 27.1 Å². The lowest BCUT2D eigenvalue weighted by Crippen LogP contribution is -2.22. The molecule has 0 saturated carbocycles. The van der Waals surface area contributed by atoms with Crippen LogP contribution in [0.4, 0.5) is 17.1 Å². The normalized spacial score (nSPS) is 11.0. The lowest BCUT2D eigenvalue weighted by atomic mass is 10.1. The summed E-state index contributed by atoms with van der Waals surface area (Å²) in [6, 6.07) is 7.38. The van der Waals surface area contributed by atoms with Crippen LogP contribution < -0.4 is 9.63 Å². The van der Waals surface area contributed by atoms with Gasteiger partial charge in [-0.2, -0.15) is 15.0 Å². The Hall–Kier alpha value is -2.43. The number of benzene rings is 1. The Morgan fingerprint density at radius 3 is 2.25 bits per heavy atom. The minimum Gasteiger partial charge on any atom is -0.619 e. The van der Waals surface area contributed by atoms with Crippen molar-refractivity contribution in [2.24, 2.45) is 10.2 Å². The van der Waals surface area contributed by atoms with E-state index >= 15 is 0 Å². The van der Waals surface area contributed by atoms with E-state index < -0.39 is 0 Å². The molecule has 0 radical (unpaired) electrons. The molecule has 2 rings (SSSR count). The first-order valence-corrected chi connectivity index (χ1v) is 6.36. The van der Waals surface area contributed by atoms with E-state index in [-0.39, 0.29) is 0 Å². The predicted molar refractivity (Wildman–Crippen MR) is 79.8 cm³/mol. The Kier molecular flexibility index (Phi) is 3.98. The molecule has 0 aliphatic heterocycles. The van der Waals surface area contributed by atoms with Crippen molar-refractivity contribution in [1.29, 1.82) is 0 Å². The van der Waals surface area contributed by atoms with E-state index in [0.717, 1.165) is 21.5 Å². The molecule has 0 fully saturated rings. The standard InChI is InChI=1S/C15H18N4O/c1-11-10-15(18(3)4)12(2)9-14(11)17-16-13-5-7-19(20)8-6-13/h5-10H,1-4H3. The second kappa shape index (κ2) is 5.69. The van der Waals surface area contributed by atoms with Crippen LogP contribution in [0.2, 0.25) is 0 Å². The van der Waals surface area contributed by atoms with Crippen LogP contribution in [0.3, 0.4) is 0 Å². The number of hydrogen-bond acceptors (Lipinski definition) is 4. The van der Waals surface area contributed by atoms with Crippen molar-refractivity contribution >= 4 is 17.1 Å². The molecule has 0 saturated heterocycles. The molecule has 1 aromatic carbocycles. The topological polar surface area (TPSA) is 54.9 Å². The highest BCUT2D eigenvalue weighted by atomic mass is 16.5. The Bertz CT molecular complexity index is 633. The SMILES string of the molecule is Cc1cc(N(C)C)c(C)cc1N=Nc1cc[n+]([O-])cc1. The smallest absolute Gasteiger partial charge is 0.182 e. The zero-order chi connectivity index (χ0) is 14.7. The number of nitrogens with zero attached hydrogens (tertiary/aromatic N) is 4. The maximum atomic E-state index is 10.9. The molecule has 0 unspecified atom stereocenters. The first-order valence-electron chi connectivity index (χ1n) is 6.36. The zero-order valence-electron chi connectivity index (χ0n) is 12.2. The third kappa shape index (κ3) is 3.12. The number of azo groups is 1. The van der Waals surface area contributed by atoms with Gasteiger partial charge in [0.1, 0.15) is 0 Å². The number of rotatable bonds is 3. The number of pyridine rings is 1. The average Bonchev–Trinajstić information content (AvgIpc) is 2.41. The van der Waals surface area contributed by atoms with Crippen LogP contribution in [0.1, 0.15) is 11.1 Å². The van der Waals surface area contributed by atoms with E-state index in [4.69, 9.17) is 0 Å². The molecule has 0 spiro atoms. The highest BCUT2D eigenvalue weighted by molar-refractivity contribution is 5.62. The van der Waals surface area contributed by atoms with E-state index in [1.54, 1.807) is 12.1 Å². The van der Waals surface area contributed by atoms with E-state index in [1.165, 1.54) is 18.1 Å².